The van der Waals surface area contributed by atoms with Crippen LogP contribution in [-0.2, 0) is 9.53 Å². The van der Waals surface area contributed by atoms with Gasteiger partial charge in [-0.1, -0.05) is 37.2 Å². The predicted molar refractivity (Wildman–Crippen MR) is 117 cm³/mol. The molecule has 0 bridgehead atoms. The lowest BCUT2D eigenvalue weighted by molar-refractivity contribution is -0.113. The Hall–Kier alpha value is -3.40. The molecule has 0 spiro atoms. The standard InChI is InChI=1S/C21H23N5O4S/c1-3-4-13-30-20(28)15-9-11-16(12-10-15)22-19(27)14-31-21-23-24-25-26(21)17-7-5-6-8-18(17)29-2/h5-12H,3-4,13-14H2,1-2H3,(H,22,27). The minimum Gasteiger partial charge on any atom is -0.494 e. The minimum atomic E-state index is -0.370. The van der Waals surface area contributed by atoms with Crippen molar-refractivity contribution in [2.75, 3.05) is 24.8 Å². The molecule has 31 heavy (non-hydrogen) atoms. The molecule has 0 atom stereocenters. The van der Waals surface area contributed by atoms with Gasteiger partial charge in [-0.15, -0.1) is 5.10 Å². The molecule has 1 amide bonds. The summed E-state index contributed by atoms with van der Waals surface area (Å²) in [6, 6.07) is 13.9. The number of hydrogen-bond acceptors (Lipinski definition) is 8. The lowest BCUT2D eigenvalue weighted by atomic mass is 10.2. The van der Waals surface area contributed by atoms with Gasteiger partial charge in [-0.05, 0) is 53.2 Å². The van der Waals surface area contributed by atoms with Crippen molar-refractivity contribution in [1.29, 1.82) is 0 Å². The number of benzene rings is 2. The van der Waals surface area contributed by atoms with Crippen LogP contribution in [0.25, 0.3) is 5.69 Å². The van der Waals surface area contributed by atoms with E-state index in [0.29, 0.717) is 34.5 Å². The van der Waals surface area contributed by atoms with E-state index in [4.69, 9.17) is 9.47 Å². The van der Waals surface area contributed by atoms with Gasteiger partial charge in [0.1, 0.15) is 11.4 Å². The van der Waals surface area contributed by atoms with Crippen LogP contribution in [0.3, 0.4) is 0 Å². The number of ether oxygens (including phenoxy) is 2. The second kappa shape index (κ2) is 11.1. The van der Waals surface area contributed by atoms with E-state index in [-0.39, 0.29) is 17.6 Å². The molecule has 0 aliphatic carbocycles. The monoisotopic (exact) mass is 441 g/mol. The summed E-state index contributed by atoms with van der Waals surface area (Å²) in [5.41, 5.74) is 1.71. The summed E-state index contributed by atoms with van der Waals surface area (Å²) in [5.74, 6) is 0.133. The third kappa shape index (κ3) is 6.05. The molecule has 1 aromatic heterocycles. The maximum Gasteiger partial charge on any atom is 0.338 e. The topological polar surface area (TPSA) is 108 Å². The number of hydrogen-bond donors (Lipinski definition) is 1. The fourth-order valence-electron chi connectivity index (χ4n) is 2.63. The van der Waals surface area contributed by atoms with Crippen LogP contribution in [0.15, 0.2) is 53.7 Å². The van der Waals surface area contributed by atoms with Crippen molar-refractivity contribution in [1.82, 2.24) is 20.2 Å². The smallest absolute Gasteiger partial charge is 0.338 e. The van der Waals surface area contributed by atoms with Crippen LogP contribution in [0.4, 0.5) is 5.69 Å². The highest BCUT2D eigenvalue weighted by molar-refractivity contribution is 7.99. The maximum atomic E-state index is 12.3. The van der Waals surface area contributed by atoms with Crippen LogP contribution < -0.4 is 10.1 Å². The maximum absolute atomic E-state index is 12.3. The van der Waals surface area contributed by atoms with Gasteiger partial charge in [-0.2, -0.15) is 4.68 Å². The fraction of sp³-hybridized carbons (Fsp3) is 0.286. The van der Waals surface area contributed by atoms with Crippen molar-refractivity contribution < 1.29 is 19.1 Å². The van der Waals surface area contributed by atoms with Gasteiger partial charge in [-0.25, -0.2) is 4.79 Å². The Morgan fingerprint density at radius 3 is 2.65 bits per heavy atom. The zero-order valence-electron chi connectivity index (χ0n) is 17.3. The molecule has 0 aliphatic heterocycles. The van der Waals surface area contributed by atoms with Crippen molar-refractivity contribution in [3.8, 4) is 11.4 Å². The second-order valence-electron chi connectivity index (χ2n) is 6.45. The first kappa shape index (κ1) is 22.3. The number of rotatable bonds is 10. The van der Waals surface area contributed by atoms with E-state index in [9.17, 15) is 9.59 Å². The molecule has 1 N–H and O–H groups in total. The summed E-state index contributed by atoms with van der Waals surface area (Å²) in [5, 5.41) is 14.9. The van der Waals surface area contributed by atoms with E-state index in [1.54, 1.807) is 37.4 Å². The van der Waals surface area contributed by atoms with Gasteiger partial charge in [0.05, 0.1) is 25.0 Å². The molecule has 1 heterocycles. The Balaban J connectivity index is 1.56. The van der Waals surface area contributed by atoms with E-state index in [1.165, 1.54) is 16.4 Å². The summed E-state index contributed by atoms with van der Waals surface area (Å²) in [6.45, 7) is 2.43. The quantitative estimate of drug-likeness (QED) is 0.290. The highest BCUT2D eigenvalue weighted by Gasteiger charge is 2.15. The number of tetrazole rings is 1. The number of methoxy groups -OCH3 is 1. The summed E-state index contributed by atoms with van der Waals surface area (Å²) in [4.78, 5) is 24.3. The van der Waals surface area contributed by atoms with E-state index >= 15 is 0 Å². The van der Waals surface area contributed by atoms with Crippen molar-refractivity contribution in [3.05, 3.63) is 54.1 Å². The number of thioether (sulfide) groups is 1. The lowest BCUT2D eigenvalue weighted by Crippen LogP contribution is -2.15. The predicted octanol–water partition coefficient (Wildman–Crippen LogP) is 3.36. The molecule has 0 aliphatic rings. The fourth-order valence-corrected chi connectivity index (χ4v) is 3.32. The number of nitrogens with zero attached hydrogens (tertiary/aromatic N) is 4. The van der Waals surface area contributed by atoms with Crippen LogP contribution in [0.2, 0.25) is 0 Å². The van der Waals surface area contributed by atoms with E-state index in [1.807, 2.05) is 25.1 Å². The molecule has 0 unspecified atom stereocenters. The first-order valence-corrected chi connectivity index (χ1v) is 10.7. The first-order valence-electron chi connectivity index (χ1n) is 9.74. The SMILES string of the molecule is CCCCOC(=O)c1ccc(NC(=O)CSc2nnnn2-c2ccccc2OC)cc1. The Labute approximate surface area is 184 Å². The minimum absolute atomic E-state index is 0.107. The number of amides is 1. The number of para-hydroxylation sites is 2. The zero-order chi connectivity index (χ0) is 22.1. The molecule has 9 nitrogen and oxygen atoms in total. The molecule has 0 saturated carbocycles. The molecule has 3 rings (SSSR count). The Morgan fingerprint density at radius 2 is 1.90 bits per heavy atom. The van der Waals surface area contributed by atoms with E-state index in [0.717, 1.165) is 12.8 Å². The first-order chi connectivity index (χ1) is 15.1. The van der Waals surface area contributed by atoms with Crippen molar-refractivity contribution in [2.45, 2.75) is 24.9 Å². The number of esters is 1. The highest BCUT2D eigenvalue weighted by Crippen LogP contribution is 2.25. The van der Waals surface area contributed by atoms with Crippen LogP contribution in [0.1, 0.15) is 30.1 Å². The summed E-state index contributed by atoms with van der Waals surface area (Å²) >= 11 is 1.20. The van der Waals surface area contributed by atoms with Gasteiger partial charge < -0.3 is 14.8 Å². The molecular formula is C21H23N5O4S. The average Bonchev–Trinajstić information content (AvgIpc) is 3.26. The second-order valence-corrected chi connectivity index (χ2v) is 7.39. The van der Waals surface area contributed by atoms with Gasteiger partial charge in [0.2, 0.25) is 11.1 Å². The molecule has 0 saturated heterocycles. The molecule has 162 valence electrons. The Bertz CT molecular complexity index is 1020. The van der Waals surface area contributed by atoms with Crippen molar-refractivity contribution in [2.24, 2.45) is 0 Å². The van der Waals surface area contributed by atoms with Gasteiger partial charge in [0.25, 0.3) is 0 Å². The third-order valence-electron chi connectivity index (χ3n) is 4.22. The molecule has 0 radical (unpaired) electrons. The van der Waals surface area contributed by atoms with Crippen LogP contribution in [0.5, 0.6) is 5.75 Å². The number of carbonyl (C=O) groups is 2. The summed E-state index contributed by atoms with van der Waals surface area (Å²) in [6.07, 6.45) is 1.79. The summed E-state index contributed by atoms with van der Waals surface area (Å²) < 4.78 is 12.0. The number of nitrogens with one attached hydrogen (secondary N) is 1. The highest BCUT2D eigenvalue weighted by atomic mass is 32.2. The lowest BCUT2D eigenvalue weighted by Gasteiger charge is -2.09. The van der Waals surface area contributed by atoms with Crippen molar-refractivity contribution >= 4 is 29.3 Å². The van der Waals surface area contributed by atoms with Crippen LogP contribution in [-0.4, -0.2) is 51.6 Å². The van der Waals surface area contributed by atoms with Crippen LogP contribution >= 0.6 is 11.8 Å². The van der Waals surface area contributed by atoms with Gasteiger partial charge >= 0.3 is 5.97 Å². The number of unbranched alkanes of at least 4 members (excludes halogenated alkanes) is 1. The van der Waals surface area contributed by atoms with Crippen LogP contribution in [0, 0.1) is 0 Å². The van der Waals surface area contributed by atoms with E-state index < -0.39 is 0 Å². The molecule has 0 fully saturated rings. The molecular weight excluding hydrogens is 418 g/mol. The molecule has 2 aromatic carbocycles. The Morgan fingerprint density at radius 1 is 1.13 bits per heavy atom. The summed E-state index contributed by atoms with van der Waals surface area (Å²) in [7, 11) is 1.57. The van der Waals surface area contributed by atoms with E-state index in [2.05, 4.69) is 20.8 Å². The zero-order valence-corrected chi connectivity index (χ0v) is 18.1. The number of aromatic nitrogens is 4. The molecule has 3 aromatic rings. The average molecular weight is 442 g/mol. The normalized spacial score (nSPS) is 10.5. The van der Waals surface area contributed by atoms with Crippen molar-refractivity contribution in [3.63, 3.8) is 0 Å². The number of anilines is 1. The third-order valence-corrected chi connectivity index (χ3v) is 5.14. The Kier molecular flexibility index (Phi) is 7.99. The van der Waals surface area contributed by atoms with Gasteiger partial charge in [0, 0.05) is 5.69 Å². The number of carbonyl (C=O) groups excluding carboxylic acids is 2. The van der Waals surface area contributed by atoms with Gasteiger partial charge in [0.15, 0.2) is 0 Å². The molecule has 10 heteroatoms. The largest absolute Gasteiger partial charge is 0.494 e. The van der Waals surface area contributed by atoms with Gasteiger partial charge in [-0.3, -0.25) is 4.79 Å².